The Morgan fingerprint density at radius 1 is 1.29 bits per heavy atom. The van der Waals surface area contributed by atoms with Crippen LogP contribution in [0.25, 0.3) is 0 Å². The maximum atomic E-state index is 11.6. The van der Waals surface area contributed by atoms with E-state index >= 15 is 0 Å². The van der Waals surface area contributed by atoms with Crippen LogP contribution in [0.5, 0.6) is 11.5 Å². The zero-order chi connectivity index (χ0) is 16.2. The highest BCUT2D eigenvalue weighted by Gasteiger charge is 2.30. The van der Waals surface area contributed by atoms with Crippen molar-refractivity contribution in [3.8, 4) is 11.5 Å². The van der Waals surface area contributed by atoms with Crippen molar-refractivity contribution in [1.29, 1.82) is 0 Å². The topological polar surface area (TPSA) is 82.1 Å². The molecule has 0 amide bonds. The van der Waals surface area contributed by atoms with Gasteiger partial charge in [0, 0.05) is 0 Å². The Labute approximate surface area is 131 Å². The number of carboxylic acids is 1. The third-order valence-electron chi connectivity index (χ3n) is 2.79. The lowest BCUT2D eigenvalue weighted by Crippen LogP contribution is -2.32. The van der Waals surface area contributed by atoms with Gasteiger partial charge < -0.3 is 19.3 Å². The van der Waals surface area contributed by atoms with Crippen molar-refractivity contribution < 1.29 is 28.9 Å². The summed E-state index contributed by atoms with van der Waals surface area (Å²) in [6.07, 6.45) is 0. The van der Waals surface area contributed by atoms with Gasteiger partial charge >= 0.3 is 11.9 Å². The molecule has 0 aromatic heterocycles. The number of esters is 1. The molecule has 1 aromatic carbocycles. The summed E-state index contributed by atoms with van der Waals surface area (Å²) in [7, 11) is 2.72. The minimum Gasteiger partial charge on any atom is -0.493 e. The summed E-state index contributed by atoms with van der Waals surface area (Å²) in [5, 5.41) is 9.01. The maximum absolute atomic E-state index is 11.6. The van der Waals surface area contributed by atoms with Gasteiger partial charge in [0.2, 0.25) is 0 Å². The minimum atomic E-state index is -1.07. The molecular weight excluding hydrogens is 344 g/mol. The van der Waals surface area contributed by atoms with E-state index in [2.05, 4.69) is 15.9 Å². The molecule has 0 atom stereocenters. The van der Waals surface area contributed by atoms with Gasteiger partial charge in [-0.1, -0.05) is 0 Å². The zero-order valence-electron chi connectivity index (χ0n) is 12.2. The van der Waals surface area contributed by atoms with Gasteiger partial charge in [-0.25, -0.2) is 4.79 Å². The standard InChI is InChI=1S/C14H17BrO6/c1-14(2,13(18)20-4)7-21-11-9(15)5-8(12(16)17)6-10(11)19-3/h5-6H,7H2,1-4H3,(H,16,17). The van der Waals surface area contributed by atoms with Crippen LogP contribution in [0, 0.1) is 5.41 Å². The number of carboxylic acid groups (broad SMARTS) is 1. The number of hydrogen-bond acceptors (Lipinski definition) is 5. The molecule has 1 N–H and O–H groups in total. The second-order valence-corrected chi connectivity index (χ2v) is 5.81. The lowest BCUT2D eigenvalue weighted by atomic mass is 9.95. The van der Waals surface area contributed by atoms with Gasteiger partial charge in [0.1, 0.15) is 6.61 Å². The molecule has 6 nitrogen and oxygen atoms in total. The summed E-state index contributed by atoms with van der Waals surface area (Å²) in [4.78, 5) is 22.6. The monoisotopic (exact) mass is 360 g/mol. The first-order valence-electron chi connectivity index (χ1n) is 6.05. The van der Waals surface area contributed by atoms with Gasteiger partial charge in [-0.15, -0.1) is 0 Å². The highest BCUT2D eigenvalue weighted by molar-refractivity contribution is 9.10. The summed E-state index contributed by atoms with van der Waals surface area (Å²) in [5.41, 5.74) is -0.775. The molecule has 1 rings (SSSR count). The van der Waals surface area contributed by atoms with Crippen molar-refractivity contribution in [3.63, 3.8) is 0 Å². The predicted molar refractivity (Wildman–Crippen MR) is 78.9 cm³/mol. The largest absolute Gasteiger partial charge is 0.493 e. The van der Waals surface area contributed by atoms with Gasteiger partial charge in [-0.05, 0) is 41.9 Å². The lowest BCUT2D eigenvalue weighted by Gasteiger charge is -2.23. The van der Waals surface area contributed by atoms with E-state index in [1.807, 2.05) is 0 Å². The van der Waals surface area contributed by atoms with Crippen molar-refractivity contribution in [3.05, 3.63) is 22.2 Å². The lowest BCUT2D eigenvalue weighted by molar-refractivity contribution is -0.152. The van der Waals surface area contributed by atoms with Crippen LogP contribution < -0.4 is 9.47 Å². The summed E-state index contributed by atoms with van der Waals surface area (Å²) in [6.45, 7) is 3.43. The fourth-order valence-corrected chi connectivity index (χ4v) is 2.13. The second-order valence-electron chi connectivity index (χ2n) is 4.96. The molecule has 7 heteroatoms. The van der Waals surface area contributed by atoms with Gasteiger partial charge in [0.25, 0.3) is 0 Å². The third-order valence-corrected chi connectivity index (χ3v) is 3.38. The van der Waals surface area contributed by atoms with E-state index in [4.69, 9.17) is 19.3 Å². The molecule has 0 aliphatic carbocycles. The summed E-state index contributed by atoms with van der Waals surface area (Å²) < 4.78 is 15.9. The Morgan fingerprint density at radius 3 is 2.38 bits per heavy atom. The molecule has 1 aromatic rings. The first-order chi connectivity index (χ1) is 9.72. The highest BCUT2D eigenvalue weighted by atomic mass is 79.9. The molecule has 0 fully saturated rings. The number of benzene rings is 1. The van der Waals surface area contributed by atoms with Crippen molar-refractivity contribution in [2.75, 3.05) is 20.8 Å². The highest BCUT2D eigenvalue weighted by Crippen LogP contribution is 2.37. The van der Waals surface area contributed by atoms with Crippen molar-refractivity contribution in [2.24, 2.45) is 5.41 Å². The number of carbonyl (C=O) groups is 2. The predicted octanol–water partition coefficient (Wildman–Crippen LogP) is 2.73. The number of hydrogen-bond donors (Lipinski definition) is 1. The number of ether oxygens (including phenoxy) is 3. The van der Waals surface area contributed by atoms with Crippen LogP contribution in [0.15, 0.2) is 16.6 Å². The average molecular weight is 361 g/mol. The van der Waals surface area contributed by atoms with Crippen molar-refractivity contribution in [2.45, 2.75) is 13.8 Å². The van der Waals surface area contributed by atoms with Crippen molar-refractivity contribution >= 4 is 27.9 Å². The molecular formula is C14H17BrO6. The Hall–Kier alpha value is -1.76. The molecule has 21 heavy (non-hydrogen) atoms. The Morgan fingerprint density at radius 2 is 1.90 bits per heavy atom. The number of halogens is 1. The van der Waals surface area contributed by atoms with E-state index in [0.29, 0.717) is 10.2 Å². The van der Waals surface area contributed by atoms with Crippen LogP contribution in [0.1, 0.15) is 24.2 Å². The number of methoxy groups -OCH3 is 2. The molecule has 0 saturated carbocycles. The fraction of sp³-hybridized carbons (Fsp3) is 0.429. The van der Waals surface area contributed by atoms with Crippen LogP contribution in [0.4, 0.5) is 0 Å². The quantitative estimate of drug-likeness (QED) is 0.785. The molecule has 0 radical (unpaired) electrons. The SMILES string of the molecule is COC(=O)C(C)(C)COc1c(Br)cc(C(=O)O)cc1OC. The summed E-state index contributed by atoms with van der Waals surface area (Å²) in [6, 6.07) is 2.76. The summed E-state index contributed by atoms with van der Waals surface area (Å²) >= 11 is 3.24. The van der Waals surface area contributed by atoms with Crippen LogP contribution >= 0.6 is 15.9 Å². The molecule has 0 aliphatic heterocycles. The Balaban J connectivity index is 3.04. The molecule has 0 bridgehead atoms. The minimum absolute atomic E-state index is 0.0566. The van der Waals surface area contributed by atoms with Crippen LogP contribution in [0.3, 0.4) is 0 Å². The van der Waals surface area contributed by atoms with E-state index in [1.165, 1.54) is 26.4 Å². The van der Waals surface area contributed by atoms with Crippen LogP contribution in [0.2, 0.25) is 0 Å². The van der Waals surface area contributed by atoms with E-state index in [9.17, 15) is 9.59 Å². The van der Waals surface area contributed by atoms with Gasteiger partial charge in [-0.3, -0.25) is 4.79 Å². The first-order valence-corrected chi connectivity index (χ1v) is 6.84. The van der Waals surface area contributed by atoms with E-state index < -0.39 is 17.4 Å². The zero-order valence-corrected chi connectivity index (χ0v) is 13.8. The molecule has 116 valence electrons. The molecule has 0 spiro atoms. The number of rotatable bonds is 6. The van der Waals surface area contributed by atoms with Gasteiger partial charge in [-0.2, -0.15) is 0 Å². The number of carbonyl (C=O) groups excluding carboxylic acids is 1. The average Bonchev–Trinajstić information content (AvgIpc) is 2.43. The Bertz CT molecular complexity index is 553. The Kier molecular flexibility index (Phi) is 5.60. The summed E-state index contributed by atoms with van der Waals surface area (Å²) in [5.74, 6) is -0.878. The molecule has 0 saturated heterocycles. The smallest absolute Gasteiger partial charge is 0.335 e. The van der Waals surface area contributed by atoms with Gasteiger partial charge in [0.05, 0.1) is 29.7 Å². The maximum Gasteiger partial charge on any atom is 0.335 e. The van der Waals surface area contributed by atoms with E-state index in [-0.39, 0.29) is 17.9 Å². The third kappa shape index (κ3) is 4.10. The number of aromatic carboxylic acids is 1. The van der Waals surface area contributed by atoms with Crippen LogP contribution in [-0.4, -0.2) is 37.9 Å². The van der Waals surface area contributed by atoms with E-state index in [1.54, 1.807) is 13.8 Å². The van der Waals surface area contributed by atoms with Crippen molar-refractivity contribution in [1.82, 2.24) is 0 Å². The van der Waals surface area contributed by atoms with Crippen LogP contribution in [-0.2, 0) is 9.53 Å². The molecule has 0 aliphatic rings. The van der Waals surface area contributed by atoms with Gasteiger partial charge in [0.15, 0.2) is 11.5 Å². The fourth-order valence-electron chi connectivity index (χ4n) is 1.57. The second kappa shape index (κ2) is 6.80. The molecule has 0 heterocycles. The normalized spacial score (nSPS) is 10.9. The first kappa shape index (κ1) is 17.3. The molecule has 0 unspecified atom stereocenters. The van der Waals surface area contributed by atoms with E-state index in [0.717, 1.165) is 0 Å².